The smallest absolute Gasteiger partial charge is 0.260 e. The third-order valence-electron chi connectivity index (χ3n) is 2.56. The minimum atomic E-state index is 0.526. The first kappa shape index (κ1) is 10.9. The molecule has 0 bridgehead atoms. The van der Waals surface area contributed by atoms with Gasteiger partial charge in [-0.25, -0.2) is 4.98 Å². The van der Waals surface area contributed by atoms with Crippen LogP contribution in [0.5, 0.6) is 0 Å². The maximum Gasteiger partial charge on any atom is 0.260 e. The van der Waals surface area contributed by atoms with Gasteiger partial charge >= 0.3 is 0 Å². The van der Waals surface area contributed by atoms with E-state index in [1.165, 1.54) is 0 Å². The SMILES string of the molecule is CCc1cc(N)c2c(CC(C)C)noc2n1. The van der Waals surface area contributed by atoms with E-state index in [1.54, 1.807) is 0 Å². The van der Waals surface area contributed by atoms with Crippen LogP contribution in [0.4, 0.5) is 5.69 Å². The molecule has 2 aromatic heterocycles. The zero-order valence-corrected chi connectivity index (χ0v) is 9.95. The third kappa shape index (κ3) is 1.87. The van der Waals surface area contributed by atoms with Crippen LogP contribution in [-0.2, 0) is 12.8 Å². The van der Waals surface area contributed by atoms with Crippen molar-refractivity contribution in [1.82, 2.24) is 10.1 Å². The second kappa shape index (κ2) is 4.12. The Kier molecular flexibility index (Phi) is 2.81. The summed E-state index contributed by atoms with van der Waals surface area (Å²) in [6.07, 6.45) is 1.71. The molecule has 0 radical (unpaired) electrons. The summed E-state index contributed by atoms with van der Waals surface area (Å²) in [5, 5.41) is 4.93. The van der Waals surface area contributed by atoms with E-state index in [2.05, 4.69) is 24.0 Å². The number of anilines is 1. The van der Waals surface area contributed by atoms with Crippen molar-refractivity contribution >= 4 is 16.8 Å². The van der Waals surface area contributed by atoms with Gasteiger partial charge in [0, 0.05) is 11.4 Å². The van der Waals surface area contributed by atoms with Gasteiger partial charge in [0.2, 0.25) is 0 Å². The first-order chi connectivity index (χ1) is 7.61. The van der Waals surface area contributed by atoms with E-state index in [-0.39, 0.29) is 0 Å². The largest absolute Gasteiger partial charge is 0.398 e. The lowest BCUT2D eigenvalue weighted by atomic mass is 10.1. The van der Waals surface area contributed by atoms with E-state index < -0.39 is 0 Å². The summed E-state index contributed by atoms with van der Waals surface area (Å²) in [7, 11) is 0. The summed E-state index contributed by atoms with van der Waals surface area (Å²) in [6.45, 7) is 6.33. The molecule has 0 saturated heterocycles. The van der Waals surface area contributed by atoms with E-state index in [0.717, 1.165) is 35.3 Å². The lowest BCUT2D eigenvalue weighted by Gasteiger charge is -2.02. The van der Waals surface area contributed by atoms with Crippen molar-refractivity contribution < 1.29 is 4.52 Å². The number of aromatic nitrogens is 2. The molecule has 0 fully saturated rings. The van der Waals surface area contributed by atoms with Crippen LogP contribution in [0.2, 0.25) is 0 Å². The van der Waals surface area contributed by atoms with Crippen LogP contribution < -0.4 is 5.73 Å². The zero-order chi connectivity index (χ0) is 11.7. The van der Waals surface area contributed by atoms with Gasteiger partial charge in [0.15, 0.2) is 0 Å². The van der Waals surface area contributed by atoms with Gasteiger partial charge in [-0.3, -0.25) is 0 Å². The molecule has 2 rings (SSSR count). The van der Waals surface area contributed by atoms with Gasteiger partial charge in [-0.1, -0.05) is 25.9 Å². The van der Waals surface area contributed by atoms with E-state index in [4.69, 9.17) is 10.3 Å². The summed E-state index contributed by atoms with van der Waals surface area (Å²) >= 11 is 0. The molecule has 2 aromatic rings. The number of fused-ring (bicyclic) bond motifs is 1. The number of nitrogens with zero attached hydrogens (tertiary/aromatic N) is 2. The predicted octanol–water partition coefficient (Wildman–Crippen LogP) is 2.57. The highest BCUT2D eigenvalue weighted by Crippen LogP contribution is 2.26. The van der Waals surface area contributed by atoms with Crippen LogP contribution in [0.15, 0.2) is 10.6 Å². The molecule has 0 saturated carbocycles. The lowest BCUT2D eigenvalue weighted by molar-refractivity contribution is 0.432. The average molecular weight is 219 g/mol. The van der Waals surface area contributed by atoms with E-state index in [9.17, 15) is 0 Å². The molecule has 4 heteroatoms. The summed E-state index contributed by atoms with van der Waals surface area (Å²) in [5.41, 5.74) is 9.15. The number of hydrogen-bond acceptors (Lipinski definition) is 4. The zero-order valence-electron chi connectivity index (χ0n) is 9.95. The molecule has 0 amide bonds. The minimum Gasteiger partial charge on any atom is -0.398 e. The fourth-order valence-electron chi connectivity index (χ4n) is 1.80. The predicted molar refractivity (Wildman–Crippen MR) is 64.1 cm³/mol. The van der Waals surface area contributed by atoms with Crippen LogP contribution in [0.1, 0.15) is 32.2 Å². The maximum absolute atomic E-state index is 6.01. The number of hydrogen-bond donors (Lipinski definition) is 1. The molecular weight excluding hydrogens is 202 g/mol. The lowest BCUT2D eigenvalue weighted by Crippen LogP contribution is -1.98. The monoisotopic (exact) mass is 219 g/mol. The summed E-state index contributed by atoms with van der Waals surface area (Å²) < 4.78 is 5.23. The van der Waals surface area contributed by atoms with Crippen molar-refractivity contribution in [3.05, 3.63) is 17.5 Å². The van der Waals surface area contributed by atoms with Crippen LogP contribution in [0, 0.1) is 5.92 Å². The highest BCUT2D eigenvalue weighted by atomic mass is 16.5. The molecule has 0 spiro atoms. The van der Waals surface area contributed by atoms with E-state index in [0.29, 0.717) is 11.6 Å². The van der Waals surface area contributed by atoms with Gasteiger partial charge in [-0.05, 0) is 24.8 Å². The van der Waals surface area contributed by atoms with Crippen molar-refractivity contribution in [2.75, 3.05) is 5.73 Å². The maximum atomic E-state index is 6.01. The third-order valence-corrected chi connectivity index (χ3v) is 2.56. The Morgan fingerprint density at radius 1 is 1.44 bits per heavy atom. The molecule has 0 aliphatic carbocycles. The first-order valence-corrected chi connectivity index (χ1v) is 5.65. The number of nitrogens with two attached hydrogens (primary N) is 1. The Labute approximate surface area is 94.8 Å². The van der Waals surface area contributed by atoms with Crippen molar-refractivity contribution in [2.24, 2.45) is 5.92 Å². The molecule has 0 aliphatic rings. The van der Waals surface area contributed by atoms with Gasteiger partial charge in [0.25, 0.3) is 5.71 Å². The highest BCUT2D eigenvalue weighted by molar-refractivity contribution is 5.89. The van der Waals surface area contributed by atoms with Gasteiger partial charge in [-0.15, -0.1) is 0 Å². The van der Waals surface area contributed by atoms with Gasteiger partial charge in [0.1, 0.15) is 0 Å². The molecule has 0 atom stereocenters. The fourth-order valence-corrected chi connectivity index (χ4v) is 1.80. The Hall–Kier alpha value is -1.58. The van der Waals surface area contributed by atoms with Crippen LogP contribution in [0.25, 0.3) is 11.1 Å². The Morgan fingerprint density at radius 3 is 2.81 bits per heavy atom. The van der Waals surface area contributed by atoms with Crippen molar-refractivity contribution in [3.63, 3.8) is 0 Å². The average Bonchev–Trinajstić information content (AvgIpc) is 2.60. The Balaban J connectivity index is 2.55. The van der Waals surface area contributed by atoms with Crippen molar-refractivity contribution in [2.45, 2.75) is 33.6 Å². The fraction of sp³-hybridized carbons (Fsp3) is 0.500. The molecule has 0 unspecified atom stereocenters. The van der Waals surface area contributed by atoms with Gasteiger partial charge in [0.05, 0.1) is 11.1 Å². The van der Waals surface area contributed by atoms with E-state index >= 15 is 0 Å². The van der Waals surface area contributed by atoms with Crippen LogP contribution >= 0.6 is 0 Å². The summed E-state index contributed by atoms with van der Waals surface area (Å²) in [4.78, 5) is 4.37. The number of pyridine rings is 1. The van der Waals surface area contributed by atoms with Gasteiger partial charge in [-0.2, -0.15) is 0 Å². The van der Waals surface area contributed by atoms with E-state index in [1.807, 2.05) is 13.0 Å². The Morgan fingerprint density at radius 2 is 2.19 bits per heavy atom. The van der Waals surface area contributed by atoms with Crippen LogP contribution in [0.3, 0.4) is 0 Å². The minimum absolute atomic E-state index is 0.526. The molecule has 16 heavy (non-hydrogen) atoms. The van der Waals surface area contributed by atoms with Crippen molar-refractivity contribution in [3.8, 4) is 0 Å². The molecule has 2 N–H and O–H groups in total. The second-order valence-corrected chi connectivity index (χ2v) is 4.46. The first-order valence-electron chi connectivity index (χ1n) is 5.65. The Bertz CT molecular complexity index is 502. The number of nitrogen functional groups attached to an aromatic ring is 1. The second-order valence-electron chi connectivity index (χ2n) is 4.46. The molecular formula is C12H17N3O. The summed E-state index contributed by atoms with van der Waals surface area (Å²) in [5.74, 6) is 0.526. The molecule has 4 nitrogen and oxygen atoms in total. The highest BCUT2D eigenvalue weighted by Gasteiger charge is 2.14. The summed E-state index contributed by atoms with van der Waals surface area (Å²) in [6, 6.07) is 1.91. The van der Waals surface area contributed by atoms with Crippen LogP contribution in [-0.4, -0.2) is 10.1 Å². The standard InChI is InChI=1S/C12H17N3O/c1-4-8-6-9(13)11-10(5-7(2)3)15-16-12(11)14-8/h6-7H,4-5H2,1-3H3,(H2,13,14). The molecule has 0 aromatic carbocycles. The normalized spacial score (nSPS) is 11.5. The number of rotatable bonds is 3. The molecule has 0 aliphatic heterocycles. The quantitative estimate of drug-likeness (QED) is 0.861. The molecule has 2 heterocycles. The number of aryl methyl sites for hydroxylation is 1. The van der Waals surface area contributed by atoms with Gasteiger partial charge < -0.3 is 10.3 Å². The molecule has 86 valence electrons. The van der Waals surface area contributed by atoms with Crippen molar-refractivity contribution in [1.29, 1.82) is 0 Å². The topological polar surface area (TPSA) is 64.9 Å².